The Morgan fingerprint density at radius 1 is 1.32 bits per heavy atom. The number of benzene rings is 1. The van der Waals surface area contributed by atoms with Crippen LogP contribution in [0, 0.1) is 5.81 Å². The predicted molar refractivity (Wildman–Crippen MR) is 99.5 cm³/mol. The Hall–Kier alpha value is -1.76. The zero-order chi connectivity index (χ0) is 17.6. The molecule has 2 aromatic heterocycles. The molecule has 25 heavy (non-hydrogen) atoms. The van der Waals surface area contributed by atoms with Gasteiger partial charge in [-0.05, 0) is 6.26 Å². The molecule has 2 N–H and O–H groups in total. The normalized spacial score (nSPS) is 10.8. The average molecular weight is 391 g/mol. The van der Waals surface area contributed by atoms with Gasteiger partial charge in [0.05, 0.1) is 0 Å². The summed E-state index contributed by atoms with van der Waals surface area (Å²) in [5.41, 5.74) is 7.21. The summed E-state index contributed by atoms with van der Waals surface area (Å²) in [5, 5.41) is 0.708. The van der Waals surface area contributed by atoms with Gasteiger partial charge in [0.2, 0.25) is 0 Å². The molecule has 3 aromatic rings. The van der Waals surface area contributed by atoms with E-state index in [2.05, 4.69) is 26.8 Å². The molecule has 0 aliphatic heterocycles. The minimum atomic E-state index is -0.276. The van der Waals surface area contributed by atoms with E-state index in [0.29, 0.717) is 29.3 Å². The van der Waals surface area contributed by atoms with Gasteiger partial charge in [0.25, 0.3) is 0 Å². The Morgan fingerprint density at radius 2 is 2.12 bits per heavy atom. The molecule has 0 aliphatic rings. The van der Waals surface area contributed by atoms with E-state index in [-0.39, 0.29) is 13.9 Å². The number of nitrogen functional groups attached to an aromatic ring is 1. The molecule has 0 spiro atoms. The van der Waals surface area contributed by atoms with Crippen LogP contribution in [0.25, 0.3) is 11.2 Å². The van der Waals surface area contributed by atoms with Gasteiger partial charge in [-0.25, -0.2) is 0 Å². The number of anilines is 1. The fourth-order valence-electron chi connectivity index (χ4n) is 2.19. The molecule has 0 saturated heterocycles. The van der Waals surface area contributed by atoms with Gasteiger partial charge in [0.15, 0.2) is 0 Å². The van der Waals surface area contributed by atoms with Gasteiger partial charge in [0.1, 0.15) is 0 Å². The summed E-state index contributed by atoms with van der Waals surface area (Å²) >= 11 is 3.19. The zero-order valence-corrected chi connectivity index (χ0v) is 15.8. The van der Waals surface area contributed by atoms with Crippen LogP contribution in [0.1, 0.15) is 0 Å². The quantitative estimate of drug-likeness (QED) is 0.295. The molecular formula is C15H14N5O2PS2. The zero-order valence-electron chi connectivity index (χ0n) is 13.2. The van der Waals surface area contributed by atoms with Gasteiger partial charge in [0, 0.05) is 0 Å². The van der Waals surface area contributed by atoms with Crippen molar-refractivity contribution in [3.63, 3.8) is 0 Å². The van der Waals surface area contributed by atoms with E-state index in [0.717, 1.165) is 9.79 Å². The van der Waals surface area contributed by atoms with Crippen molar-refractivity contribution in [3.8, 4) is 5.81 Å². The number of hydrogen-bond donors (Lipinski definition) is 1. The van der Waals surface area contributed by atoms with Crippen molar-refractivity contribution in [2.75, 3.05) is 18.6 Å². The first-order valence-electron chi connectivity index (χ1n) is 7.21. The number of imidazole rings is 1. The van der Waals surface area contributed by atoms with Crippen molar-refractivity contribution < 1.29 is 9.30 Å². The van der Waals surface area contributed by atoms with E-state index in [1.807, 2.05) is 29.0 Å². The van der Waals surface area contributed by atoms with Crippen molar-refractivity contribution in [3.05, 3.63) is 30.6 Å². The average Bonchev–Trinajstić information content (AvgIpc) is 3.02. The molecule has 3 rings (SSSR count). The van der Waals surface area contributed by atoms with Crippen molar-refractivity contribution >= 4 is 48.6 Å². The Labute approximate surface area is 153 Å². The molecule has 0 fully saturated rings. The van der Waals surface area contributed by atoms with Gasteiger partial charge in [-0.1, -0.05) is 6.07 Å². The first kappa shape index (κ1) is 18.0. The number of rotatable bonds is 6. The number of thioether (sulfide) groups is 1. The Balaban J connectivity index is 1.94. The molecule has 1 aromatic carbocycles. The van der Waals surface area contributed by atoms with Crippen LogP contribution in [-0.4, -0.2) is 32.4 Å². The van der Waals surface area contributed by atoms with Crippen molar-refractivity contribution in [2.24, 2.45) is 0 Å². The molecular weight excluding hydrogens is 377 g/mol. The summed E-state index contributed by atoms with van der Waals surface area (Å²) in [5.74, 6) is 2.44. The minimum absolute atomic E-state index is 0.190. The van der Waals surface area contributed by atoms with E-state index in [1.165, 1.54) is 11.8 Å². The van der Waals surface area contributed by atoms with Crippen molar-refractivity contribution in [1.29, 1.82) is 0 Å². The van der Waals surface area contributed by atoms with E-state index in [9.17, 15) is 4.57 Å². The maximum absolute atomic E-state index is 10.3. The van der Waals surface area contributed by atoms with Crippen LogP contribution in [-0.2, 0) is 15.8 Å². The second-order valence-corrected chi connectivity index (χ2v) is 7.02. The maximum atomic E-state index is 10.3. The molecule has 10 heteroatoms. The molecule has 7 nitrogen and oxygen atoms in total. The molecule has 0 amide bonds. The van der Waals surface area contributed by atoms with Crippen LogP contribution in [0.2, 0.25) is 0 Å². The third-order valence-corrected chi connectivity index (χ3v) is 5.44. The van der Waals surface area contributed by atoms with Gasteiger partial charge in [-0.3, -0.25) is 0 Å². The van der Waals surface area contributed by atoms with E-state index in [4.69, 9.17) is 10.5 Å². The van der Waals surface area contributed by atoms with E-state index in [1.54, 1.807) is 18.1 Å². The van der Waals surface area contributed by atoms with Crippen LogP contribution < -0.4 is 5.73 Å². The topological polar surface area (TPSA) is 95.9 Å². The van der Waals surface area contributed by atoms with Crippen molar-refractivity contribution in [2.45, 2.75) is 21.4 Å². The fraction of sp³-hybridized carbons (Fsp3) is 0.200. The number of nitrogens with two attached hydrogens (primary N) is 1. The molecule has 0 unspecified atom stereocenters. The van der Waals surface area contributed by atoms with Crippen LogP contribution in [0.15, 0.2) is 45.4 Å². The van der Waals surface area contributed by atoms with Crippen LogP contribution in [0.5, 0.6) is 0 Å². The summed E-state index contributed by atoms with van der Waals surface area (Å²) in [6.07, 6.45) is 3.70. The monoisotopic (exact) mass is 391 g/mol. The summed E-state index contributed by atoms with van der Waals surface area (Å²) in [7, 11) is -0.276. The summed E-state index contributed by atoms with van der Waals surface area (Å²) in [4.78, 5) is 15.3. The first-order valence-corrected chi connectivity index (χ1v) is 10.1. The second kappa shape index (κ2) is 8.56. The molecule has 0 saturated carbocycles. The van der Waals surface area contributed by atoms with Crippen molar-refractivity contribution in [1.82, 2.24) is 19.5 Å². The molecule has 2 heterocycles. The standard InChI is InChI=1S/C15H14N5O2PS2/c1-24-10-4-2-3-5-11(10)25-14-12-13(18-15(16)19-14)20(8-17-12)6-7-22-9-23-21/h2-5,8H,6-7H2,1H3,(H2,16,18,19). The van der Waals surface area contributed by atoms with Gasteiger partial charge < -0.3 is 0 Å². The third-order valence-electron chi connectivity index (χ3n) is 3.26. The van der Waals surface area contributed by atoms with Crippen LogP contribution in [0.3, 0.4) is 0 Å². The SMILES string of the molecule is CSc1ccccc1Sc1nc(N)nc2c1ncn2CCOC#P=O. The second-order valence-electron chi connectivity index (χ2n) is 4.78. The number of fused-ring (bicyclic) bond motifs is 1. The first-order chi connectivity index (χ1) is 12.2. The van der Waals surface area contributed by atoms with Gasteiger partial charge in [-0.15, -0.1) is 0 Å². The van der Waals surface area contributed by atoms with Crippen LogP contribution >= 0.6 is 31.4 Å². The van der Waals surface area contributed by atoms with Gasteiger partial charge in [-0.2, -0.15) is 0 Å². The Morgan fingerprint density at radius 3 is 2.88 bits per heavy atom. The molecule has 0 atom stereocenters. The third kappa shape index (κ3) is 4.26. The number of ether oxygens (including phenoxy) is 1. The summed E-state index contributed by atoms with van der Waals surface area (Å²) in [6.45, 7) is 0.795. The van der Waals surface area contributed by atoms with E-state index < -0.39 is 0 Å². The van der Waals surface area contributed by atoms with Gasteiger partial charge >= 0.3 is 141 Å². The summed E-state index contributed by atoms with van der Waals surface area (Å²) < 4.78 is 17.1. The Bertz CT molecular complexity index is 1010. The molecule has 0 bridgehead atoms. The van der Waals surface area contributed by atoms with Crippen LogP contribution in [0.4, 0.5) is 5.95 Å². The fourth-order valence-corrected chi connectivity index (χ4v) is 4.10. The predicted octanol–water partition coefficient (Wildman–Crippen LogP) is 3.51. The molecule has 0 aliphatic carbocycles. The molecule has 0 radical (unpaired) electrons. The molecule has 128 valence electrons. The Kier molecular flexibility index (Phi) is 6.18. The number of nitrogens with zero attached hydrogens (tertiary/aromatic N) is 4. The summed E-state index contributed by atoms with van der Waals surface area (Å²) in [6, 6.07) is 8.10. The number of hydrogen-bond acceptors (Lipinski definition) is 8. The van der Waals surface area contributed by atoms with E-state index >= 15 is 0 Å². The number of aromatic nitrogens is 4.